The molecule has 166 valence electrons. The van der Waals surface area contributed by atoms with Crippen molar-refractivity contribution in [2.45, 2.75) is 12.1 Å². The number of benzene rings is 3. The van der Waals surface area contributed by atoms with Gasteiger partial charge in [-0.05, 0) is 36.8 Å². The second kappa shape index (κ2) is 9.53. The van der Waals surface area contributed by atoms with Gasteiger partial charge in [-0.25, -0.2) is 0 Å². The normalized spacial score (nSPS) is 10.7. The summed E-state index contributed by atoms with van der Waals surface area (Å²) in [5.41, 5.74) is 2.29. The van der Waals surface area contributed by atoms with E-state index in [0.29, 0.717) is 27.8 Å². The minimum absolute atomic E-state index is 0.00781. The lowest BCUT2D eigenvalue weighted by Gasteiger charge is -2.11. The summed E-state index contributed by atoms with van der Waals surface area (Å²) < 4.78 is 1.77. The highest BCUT2D eigenvalue weighted by atomic mass is 32.2. The Labute approximate surface area is 193 Å². The number of aromatic hydroxyl groups is 1. The Morgan fingerprint density at radius 3 is 2.55 bits per heavy atom. The lowest BCUT2D eigenvalue weighted by Crippen LogP contribution is -2.15. The number of para-hydroxylation sites is 2. The van der Waals surface area contributed by atoms with Crippen molar-refractivity contribution < 1.29 is 14.8 Å². The molecule has 0 radical (unpaired) electrons. The third-order valence-electron chi connectivity index (χ3n) is 4.83. The molecule has 0 aliphatic carbocycles. The molecule has 0 atom stereocenters. The van der Waals surface area contributed by atoms with Crippen LogP contribution in [0.5, 0.6) is 5.75 Å². The number of nitrogens with zero attached hydrogens (tertiary/aromatic N) is 4. The van der Waals surface area contributed by atoms with Crippen LogP contribution in [0.1, 0.15) is 5.56 Å². The van der Waals surface area contributed by atoms with Crippen molar-refractivity contribution in [3.05, 3.63) is 88.5 Å². The van der Waals surface area contributed by atoms with Gasteiger partial charge in [-0.1, -0.05) is 48.2 Å². The zero-order chi connectivity index (χ0) is 23.4. The smallest absolute Gasteiger partial charge is 0.271 e. The maximum Gasteiger partial charge on any atom is 0.271 e. The number of nitrogens with one attached hydrogen (secondary N) is 1. The fourth-order valence-corrected chi connectivity index (χ4v) is 3.94. The molecule has 10 heteroatoms. The summed E-state index contributed by atoms with van der Waals surface area (Å²) in [5.74, 6) is 0.179. The first-order chi connectivity index (χ1) is 15.9. The Kier molecular flexibility index (Phi) is 6.36. The fraction of sp³-hybridized carbons (Fsp3) is 0.0870. The first kappa shape index (κ1) is 22.0. The number of anilines is 1. The molecule has 33 heavy (non-hydrogen) atoms. The lowest BCUT2D eigenvalue weighted by atomic mass is 10.2. The van der Waals surface area contributed by atoms with Crippen LogP contribution in [0.15, 0.2) is 78.0 Å². The van der Waals surface area contributed by atoms with Crippen molar-refractivity contribution in [1.82, 2.24) is 14.8 Å². The largest absolute Gasteiger partial charge is 0.507 e. The second-order valence-electron chi connectivity index (χ2n) is 7.09. The van der Waals surface area contributed by atoms with Gasteiger partial charge in [0.2, 0.25) is 5.91 Å². The standard InChI is InChI=1S/C23H19N5O4S/c1-15-11-12-17(28(31)32)13-19(15)24-21(30)14-33-23-26-25-22(18-9-5-6-10-20(18)29)27(23)16-7-3-2-4-8-16/h2-13,29H,14H2,1H3,(H,24,30). The molecule has 1 heterocycles. The highest BCUT2D eigenvalue weighted by Gasteiger charge is 2.19. The van der Waals surface area contributed by atoms with Crippen LogP contribution in [0.3, 0.4) is 0 Å². The highest BCUT2D eigenvalue weighted by Crippen LogP contribution is 2.32. The summed E-state index contributed by atoms with van der Waals surface area (Å²) in [6.45, 7) is 1.76. The molecule has 0 aliphatic rings. The van der Waals surface area contributed by atoms with E-state index in [0.717, 1.165) is 5.69 Å². The number of aromatic nitrogens is 3. The third kappa shape index (κ3) is 4.85. The average Bonchev–Trinajstić information content (AvgIpc) is 3.23. The third-order valence-corrected chi connectivity index (χ3v) is 5.76. The van der Waals surface area contributed by atoms with Gasteiger partial charge in [0, 0.05) is 17.8 Å². The van der Waals surface area contributed by atoms with Crippen LogP contribution in [0.4, 0.5) is 11.4 Å². The van der Waals surface area contributed by atoms with E-state index >= 15 is 0 Å². The van der Waals surface area contributed by atoms with E-state index in [4.69, 9.17) is 0 Å². The molecule has 2 N–H and O–H groups in total. The quantitative estimate of drug-likeness (QED) is 0.234. The molecule has 0 aliphatic heterocycles. The average molecular weight is 462 g/mol. The van der Waals surface area contributed by atoms with Crippen molar-refractivity contribution in [1.29, 1.82) is 0 Å². The van der Waals surface area contributed by atoms with E-state index in [1.54, 1.807) is 41.8 Å². The minimum atomic E-state index is -0.507. The van der Waals surface area contributed by atoms with E-state index < -0.39 is 4.92 Å². The predicted molar refractivity (Wildman–Crippen MR) is 126 cm³/mol. The number of phenolic OH excluding ortho intramolecular Hbond substituents is 1. The molecule has 0 fully saturated rings. The van der Waals surface area contributed by atoms with Crippen molar-refractivity contribution in [3.63, 3.8) is 0 Å². The van der Waals surface area contributed by atoms with E-state index in [1.165, 1.54) is 23.9 Å². The molecule has 0 spiro atoms. The van der Waals surface area contributed by atoms with Crippen molar-refractivity contribution in [2.24, 2.45) is 0 Å². The molecule has 9 nitrogen and oxygen atoms in total. The monoisotopic (exact) mass is 461 g/mol. The van der Waals surface area contributed by atoms with Crippen molar-refractivity contribution in [3.8, 4) is 22.8 Å². The van der Waals surface area contributed by atoms with Gasteiger partial charge >= 0.3 is 0 Å². The van der Waals surface area contributed by atoms with Crippen LogP contribution in [-0.2, 0) is 4.79 Å². The minimum Gasteiger partial charge on any atom is -0.507 e. The van der Waals surface area contributed by atoms with Gasteiger partial charge in [0.1, 0.15) is 5.75 Å². The number of carbonyl (C=O) groups excluding carboxylic acids is 1. The summed E-state index contributed by atoms with van der Waals surface area (Å²) in [4.78, 5) is 23.1. The van der Waals surface area contributed by atoms with E-state index in [1.807, 2.05) is 30.3 Å². The summed E-state index contributed by atoms with van der Waals surface area (Å²) in [6, 6.07) is 20.5. The first-order valence-electron chi connectivity index (χ1n) is 9.91. The molecule has 0 unspecified atom stereocenters. The van der Waals surface area contributed by atoms with Crippen LogP contribution >= 0.6 is 11.8 Å². The Morgan fingerprint density at radius 1 is 1.09 bits per heavy atom. The summed E-state index contributed by atoms with van der Waals surface area (Å²) in [5, 5.41) is 33.0. The predicted octanol–water partition coefficient (Wildman–Crippen LogP) is 4.59. The zero-order valence-electron chi connectivity index (χ0n) is 17.5. The summed E-state index contributed by atoms with van der Waals surface area (Å²) >= 11 is 1.17. The number of carbonyl (C=O) groups is 1. The Balaban J connectivity index is 1.59. The number of nitro groups is 1. The van der Waals surface area contributed by atoms with E-state index in [-0.39, 0.29) is 23.1 Å². The number of amides is 1. The molecule has 0 saturated heterocycles. The van der Waals surface area contributed by atoms with Crippen molar-refractivity contribution in [2.75, 3.05) is 11.1 Å². The van der Waals surface area contributed by atoms with Crippen LogP contribution in [0.25, 0.3) is 17.1 Å². The molecule has 0 saturated carbocycles. The summed E-state index contributed by atoms with van der Waals surface area (Å²) in [6.07, 6.45) is 0. The van der Waals surface area contributed by atoms with E-state index in [2.05, 4.69) is 15.5 Å². The second-order valence-corrected chi connectivity index (χ2v) is 8.03. The lowest BCUT2D eigenvalue weighted by molar-refractivity contribution is -0.384. The number of hydrogen-bond donors (Lipinski definition) is 2. The number of phenols is 1. The zero-order valence-corrected chi connectivity index (χ0v) is 18.3. The Hall–Kier alpha value is -4.18. The van der Waals surface area contributed by atoms with Gasteiger partial charge in [0.25, 0.3) is 5.69 Å². The van der Waals surface area contributed by atoms with Gasteiger partial charge in [0.05, 0.1) is 21.9 Å². The first-order valence-corrected chi connectivity index (χ1v) is 10.9. The molecule has 4 rings (SSSR count). The van der Waals surface area contributed by atoms with Crippen LogP contribution < -0.4 is 5.32 Å². The fourth-order valence-electron chi connectivity index (χ4n) is 3.19. The maximum absolute atomic E-state index is 12.6. The molecular weight excluding hydrogens is 442 g/mol. The molecule has 1 aromatic heterocycles. The van der Waals surface area contributed by atoms with Gasteiger partial charge in [-0.15, -0.1) is 10.2 Å². The number of thioether (sulfide) groups is 1. The molecular formula is C23H19N5O4S. The van der Waals surface area contributed by atoms with Crippen LogP contribution in [0, 0.1) is 17.0 Å². The van der Waals surface area contributed by atoms with Gasteiger partial charge in [0.15, 0.2) is 11.0 Å². The van der Waals surface area contributed by atoms with Gasteiger partial charge in [-0.3, -0.25) is 19.5 Å². The molecule has 1 amide bonds. The molecule has 3 aromatic carbocycles. The maximum atomic E-state index is 12.6. The topological polar surface area (TPSA) is 123 Å². The molecule has 0 bridgehead atoms. The van der Waals surface area contributed by atoms with Crippen LogP contribution in [-0.4, -0.2) is 36.5 Å². The summed E-state index contributed by atoms with van der Waals surface area (Å²) in [7, 11) is 0. The van der Waals surface area contributed by atoms with Gasteiger partial charge < -0.3 is 10.4 Å². The number of rotatable bonds is 7. The van der Waals surface area contributed by atoms with Crippen LogP contribution in [0.2, 0.25) is 0 Å². The number of non-ortho nitro benzene ring substituents is 1. The van der Waals surface area contributed by atoms with Gasteiger partial charge in [-0.2, -0.15) is 0 Å². The number of aryl methyl sites for hydroxylation is 1. The van der Waals surface area contributed by atoms with Crippen molar-refractivity contribution >= 4 is 29.0 Å². The number of hydrogen-bond acceptors (Lipinski definition) is 7. The van der Waals surface area contributed by atoms with E-state index in [9.17, 15) is 20.0 Å². The SMILES string of the molecule is Cc1ccc([N+](=O)[O-])cc1NC(=O)CSc1nnc(-c2ccccc2O)n1-c1ccccc1. The Morgan fingerprint density at radius 2 is 1.82 bits per heavy atom. The number of nitro benzene ring substituents is 1. The highest BCUT2D eigenvalue weighted by molar-refractivity contribution is 7.99. The Bertz CT molecular complexity index is 1320. The molecule has 4 aromatic rings.